The van der Waals surface area contributed by atoms with Gasteiger partial charge in [-0.3, -0.25) is 0 Å². The molecule has 0 aliphatic rings. The highest BCUT2D eigenvalue weighted by molar-refractivity contribution is 7.07. The van der Waals surface area contributed by atoms with E-state index in [1.807, 2.05) is 12.1 Å². The maximum Gasteiger partial charge on any atom is 0.119 e. The van der Waals surface area contributed by atoms with E-state index in [-0.39, 0.29) is 0 Å². The third kappa shape index (κ3) is 6.29. The number of methoxy groups -OCH3 is 1. The number of thiophene rings is 1. The fourth-order valence-electron chi connectivity index (χ4n) is 2.01. The summed E-state index contributed by atoms with van der Waals surface area (Å²) < 4.78 is 10.8. The van der Waals surface area contributed by atoms with Crippen molar-refractivity contribution in [2.75, 3.05) is 33.4 Å². The molecule has 4 heteroatoms. The van der Waals surface area contributed by atoms with Crippen LogP contribution in [0.3, 0.4) is 0 Å². The van der Waals surface area contributed by atoms with Crippen molar-refractivity contribution in [3.05, 3.63) is 52.2 Å². The topological polar surface area (TPSA) is 30.5 Å². The molecule has 1 heterocycles. The average Bonchev–Trinajstić information content (AvgIpc) is 3.03. The van der Waals surface area contributed by atoms with Crippen LogP contribution in [0, 0.1) is 0 Å². The van der Waals surface area contributed by atoms with Gasteiger partial charge in [0.05, 0.1) is 6.61 Å². The number of benzene rings is 1. The van der Waals surface area contributed by atoms with Gasteiger partial charge in [-0.2, -0.15) is 11.3 Å². The molecule has 2 aromatic rings. The third-order valence-corrected chi connectivity index (χ3v) is 3.97. The Hall–Kier alpha value is -1.36. The Labute approximate surface area is 130 Å². The molecular weight excluding hydrogens is 282 g/mol. The van der Waals surface area contributed by atoms with E-state index in [4.69, 9.17) is 9.47 Å². The van der Waals surface area contributed by atoms with Crippen LogP contribution in [-0.2, 0) is 17.6 Å². The van der Waals surface area contributed by atoms with Crippen LogP contribution in [0.4, 0.5) is 0 Å². The lowest BCUT2D eigenvalue weighted by atomic mass is 10.1. The van der Waals surface area contributed by atoms with Crippen LogP contribution in [-0.4, -0.2) is 33.4 Å². The summed E-state index contributed by atoms with van der Waals surface area (Å²) in [6.07, 6.45) is 2.03. The Morgan fingerprint density at radius 2 is 1.81 bits per heavy atom. The molecule has 0 saturated heterocycles. The highest BCUT2D eigenvalue weighted by Crippen LogP contribution is 2.12. The molecule has 0 bridgehead atoms. The zero-order chi connectivity index (χ0) is 14.8. The first-order valence-electron chi connectivity index (χ1n) is 7.31. The molecule has 21 heavy (non-hydrogen) atoms. The van der Waals surface area contributed by atoms with Gasteiger partial charge in [0, 0.05) is 13.7 Å². The van der Waals surface area contributed by atoms with E-state index in [0.29, 0.717) is 6.61 Å². The lowest BCUT2D eigenvalue weighted by molar-refractivity contribution is 0.202. The van der Waals surface area contributed by atoms with E-state index in [9.17, 15) is 0 Å². The fourth-order valence-corrected chi connectivity index (χ4v) is 2.71. The first kappa shape index (κ1) is 16.0. The van der Waals surface area contributed by atoms with Crippen molar-refractivity contribution >= 4 is 11.3 Å². The van der Waals surface area contributed by atoms with Crippen molar-refractivity contribution in [1.82, 2.24) is 5.32 Å². The van der Waals surface area contributed by atoms with Gasteiger partial charge in [0.25, 0.3) is 0 Å². The average molecular weight is 305 g/mol. The first-order valence-corrected chi connectivity index (χ1v) is 8.25. The van der Waals surface area contributed by atoms with E-state index in [2.05, 4.69) is 34.3 Å². The summed E-state index contributed by atoms with van der Waals surface area (Å²) in [7, 11) is 1.73. The molecule has 0 aliphatic heterocycles. The predicted molar refractivity (Wildman–Crippen MR) is 88.4 cm³/mol. The van der Waals surface area contributed by atoms with E-state index in [1.54, 1.807) is 18.4 Å². The Bertz CT molecular complexity index is 482. The Morgan fingerprint density at radius 1 is 0.952 bits per heavy atom. The van der Waals surface area contributed by atoms with E-state index in [1.165, 1.54) is 11.1 Å². The van der Waals surface area contributed by atoms with Gasteiger partial charge >= 0.3 is 0 Å². The normalized spacial score (nSPS) is 10.7. The van der Waals surface area contributed by atoms with Crippen LogP contribution >= 0.6 is 11.3 Å². The van der Waals surface area contributed by atoms with Gasteiger partial charge in [0.2, 0.25) is 0 Å². The minimum absolute atomic E-state index is 0.695. The lowest BCUT2D eigenvalue weighted by Crippen LogP contribution is -2.23. The third-order valence-electron chi connectivity index (χ3n) is 3.24. The zero-order valence-electron chi connectivity index (χ0n) is 12.5. The second-order valence-corrected chi connectivity index (χ2v) is 5.65. The van der Waals surface area contributed by atoms with Crippen LogP contribution in [0.5, 0.6) is 5.75 Å². The monoisotopic (exact) mass is 305 g/mol. The van der Waals surface area contributed by atoms with Crippen molar-refractivity contribution in [2.45, 2.75) is 12.8 Å². The molecule has 1 aromatic carbocycles. The summed E-state index contributed by atoms with van der Waals surface area (Å²) in [6, 6.07) is 10.4. The van der Waals surface area contributed by atoms with Gasteiger partial charge < -0.3 is 14.8 Å². The maximum absolute atomic E-state index is 5.71. The molecule has 0 atom stereocenters. The molecule has 1 aromatic heterocycles. The minimum atomic E-state index is 0.695. The highest BCUT2D eigenvalue weighted by Gasteiger charge is 1.97. The molecule has 1 N–H and O–H groups in total. The zero-order valence-corrected chi connectivity index (χ0v) is 13.3. The summed E-state index contributed by atoms with van der Waals surface area (Å²) in [5.41, 5.74) is 2.68. The van der Waals surface area contributed by atoms with Crippen molar-refractivity contribution in [3.8, 4) is 5.75 Å². The van der Waals surface area contributed by atoms with E-state index < -0.39 is 0 Å². The van der Waals surface area contributed by atoms with Crippen LogP contribution in [0.2, 0.25) is 0 Å². The highest BCUT2D eigenvalue weighted by atomic mass is 32.1. The molecule has 114 valence electrons. The largest absolute Gasteiger partial charge is 0.492 e. The molecular formula is C17H23NO2S. The van der Waals surface area contributed by atoms with Gasteiger partial charge in [0.1, 0.15) is 12.4 Å². The molecule has 0 amide bonds. The number of ether oxygens (including phenoxy) is 2. The summed E-state index contributed by atoms with van der Waals surface area (Å²) in [5, 5.41) is 7.71. The number of rotatable bonds is 10. The molecule has 0 unspecified atom stereocenters. The number of nitrogens with one attached hydrogen (secondary N) is 1. The van der Waals surface area contributed by atoms with Crippen molar-refractivity contribution in [1.29, 1.82) is 0 Å². The second kappa shape index (κ2) is 9.55. The van der Waals surface area contributed by atoms with Crippen LogP contribution in [0.1, 0.15) is 11.1 Å². The maximum atomic E-state index is 5.71. The predicted octanol–water partition coefficient (Wildman–Crippen LogP) is 3.15. The first-order chi connectivity index (χ1) is 10.4. The van der Waals surface area contributed by atoms with Crippen LogP contribution < -0.4 is 10.1 Å². The van der Waals surface area contributed by atoms with Crippen LogP contribution in [0.25, 0.3) is 0 Å². The van der Waals surface area contributed by atoms with Crippen molar-refractivity contribution in [2.24, 2.45) is 0 Å². The van der Waals surface area contributed by atoms with Crippen LogP contribution in [0.15, 0.2) is 41.1 Å². The quantitative estimate of drug-likeness (QED) is 0.684. The Balaban J connectivity index is 1.55. The van der Waals surface area contributed by atoms with Gasteiger partial charge in [-0.15, -0.1) is 0 Å². The molecule has 2 rings (SSSR count). The molecule has 0 spiro atoms. The Morgan fingerprint density at radius 3 is 2.52 bits per heavy atom. The Kier molecular flexibility index (Phi) is 7.29. The standard InChI is InChI=1S/C17H23NO2S/c1-19-11-7-15-2-4-17(5-3-15)20-12-10-18-9-6-16-8-13-21-14-16/h2-5,8,13-14,18H,6-7,9-12H2,1H3. The smallest absolute Gasteiger partial charge is 0.119 e. The van der Waals surface area contributed by atoms with E-state index >= 15 is 0 Å². The van der Waals surface area contributed by atoms with Gasteiger partial charge in [0.15, 0.2) is 0 Å². The number of hydrogen-bond acceptors (Lipinski definition) is 4. The molecule has 0 radical (unpaired) electrons. The molecule has 3 nitrogen and oxygen atoms in total. The summed E-state index contributed by atoms with van der Waals surface area (Å²) in [6.45, 7) is 3.32. The molecule has 0 fully saturated rings. The number of hydrogen-bond donors (Lipinski definition) is 1. The minimum Gasteiger partial charge on any atom is -0.492 e. The van der Waals surface area contributed by atoms with Crippen molar-refractivity contribution in [3.63, 3.8) is 0 Å². The SMILES string of the molecule is COCCc1ccc(OCCNCCc2ccsc2)cc1. The second-order valence-electron chi connectivity index (χ2n) is 4.87. The van der Waals surface area contributed by atoms with Crippen molar-refractivity contribution < 1.29 is 9.47 Å². The summed E-state index contributed by atoms with van der Waals surface area (Å²) in [5.74, 6) is 0.927. The van der Waals surface area contributed by atoms with Gasteiger partial charge in [-0.1, -0.05) is 12.1 Å². The summed E-state index contributed by atoms with van der Waals surface area (Å²) >= 11 is 1.75. The molecule has 0 aliphatic carbocycles. The van der Waals surface area contributed by atoms with Gasteiger partial charge in [-0.25, -0.2) is 0 Å². The van der Waals surface area contributed by atoms with E-state index in [0.717, 1.165) is 38.3 Å². The summed E-state index contributed by atoms with van der Waals surface area (Å²) in [4.78, 5) is 0. The molecule has 0 saturated carbocycles. The fraction of sp³-hybridized carbons (Fsp3) is 0.412. The van der Waals surface area contributed by atoms with Gasteiger partial charge in [-0.05, 0) is 59.5 Å². The lowest BCUT2D eigenvalue weighted by Gasteiger charge is -2.08.